The standard InChI is InChI=1S/C17H21FN2O3S/c18-17(3-4-17)16(22)20-8-13-11(10-23-14(13)9-20)6-15(21)19-7-12-2-1-5-24-12/h1-2,5,11,13-14H,3-4,6-10H2,(H,19,21)/t11-,13+,14+/m0/s1. The van der Waals surface area contributed by atoms with Gasteiger partial charge in [0.15, 0.2) is 5.67 Å². The number of carbonyl (C=O) groups is 2. The van der Waals surface area contributed by atoms with Crippen molar-refractivity contribution in [1.82, 2.24) is 10.2 Å². The highest BCUT2D eigenvalue weighted by Gasteiger charge is 2.56. The zero-order valence-corrected chi connectivity index (χ0v) is 14.2. The van der Waals surface area contributed by atoms with Crippen LogP contribution in [0.3, 0.4) is 0 Å². The molecule has 1 aromatic heterocycles. The van der Waals surface area contributed by atoms with Crippen LogP contribution in [0.2, 0.25) is 0 Å². The summed E-state index contributed by atoms with van der Waals surface area (Å²) in [5, 5.41) is 4.92. The van der Waals surface area contributed by atoms with E-state index in [-0.39, 0.29) is 29.8 Å². The Morgan fingerprint density at radius 2 is 2.25 bits per heavy atom. The highest BCUT2D eigenvalue weighted by atomic mass is 32.1. The second kappa shape index (κ2) is 6.11. The van der Waals surface area contributed by atoms with Crippen LogP contribution in [0.25, 0.3) is 0 Å². The van der Waals surface area contributed by atoms with E-state index in [0.29, 0.717) is 45.5 Å². The van der Waals surface area contributed by atoms with Gasteiger partial charge in [0.1, 0.15) is 0 Å². The number of fused-ring (bicyclic) bond motifs is 1. The van der Waals surface area contributed by atoms with Gasteiger partial charge in [-0.1, -0.05) is 6.07 Å². The molecule has 1 N–H and O–H groups in total. The zero-order valence-electron chi connectivity index (χ0n) is 13.4. The molecule has 24 heavy (non-hydrogen) atoms. The first-order valence-corrected chi connectivity index (χ1v) is 9.32. The molecule has 2 amide bonds. The molecule has 2 saturated heterocycles. The Morgan fingerprint density at radius 3 is 2.96 bits per heavy atom. The summed E-state index contributed by atoms with van der Waals surface area (Å²) in [6.45, 7) is 2.07. The summed E-state index contributed by atoms with van der Waals surface area (Å²) < 4.78 is 19.7. The number of carbonyl (C=O) groups excluding carboxylic acids is 2. The third kappa shape index (κ3) is 3.07. The van der Waals surface area contributed by atoms with Crippen molar-refractivity contribution in [2.24, 2.45) is 11.8 Å². The summed E-state index contributed by atoms with van der Waals surface area (Å²) in [6.07, 6.45) is 1.03. The molecule has 2 aliphatic heterocycles. The quantitative estimate of drug-likeness (QED) is 0.878. The van der Waals surface area contributed by atoms with Gasteiger partial charge in [-0.2, -0.15) is 0 Å². The molecule has 3 aliphatic rings. The number of nitrogens with one attached hydrogen (secondary N) is 1. The Balaban J connectivity index is 1.29. The minimum absolute atomic E-state index is 0.00609. The van der Waals surface area contributed by atoms with Crippen LogP contribution in [0.4, 0.5) is 4.39 Å². The Labute approximate surface area is 144 Å². The minimum atomic E-state index is -1.62. The van der Waals surface area contributed by atoms with E-state index in [1.165, 1.54) is 0 Å². The van der Waals surface area contributed by atoms with Gasteiger partial charge in [-0.25, -0.2) is 4.39 Å². The van der Waals surface area contributed by atoms with Gasteiger partial charge in [0.05, 0.1) is 19.3 Å². The Kier molecular flexibility index (Phi) is 4.08. The second-order valence-corrected chi connectivity index (χ2v) is 8.06. The molecule has 0 bridgehead atoms. The van der Waals surface area contributed by atoms with Crippen LogP contribution >= 0.6 is 11.3 Å². The number of hydrogen-bond acceptors (Lipinski definition) is 4. The van der Waals surface area contributed by atoms with E-state index >= 15 is 0 Å². The SMILES string of the molecule is O=C(C[C@H]1CO[C@@H]2CN(C(=O)C3(F)CC3)C[C@H]12)NCc1cccs1. The monoisotopic (exact) mass is 352 g/mol. The van der Waals surface area contributed by atoms with E-state index in [2.05, 4.69) is 5.32 Å². The highest BCUT2D eigenvalue weighted by Crippen LogP contribution is 2.44. The van der Waals surface area contributed by atoms with Crippen LogP contribution in [-0.4, -0.2) is 48.2 Å². The largest absolute Gasteiger partial charge is 0.376 e. The number of rotatable bonds is 5. The molecule has 3 fully saturated rings. The van der Waals surface area contributed by atoms with E-state index in [1.807, 2.05) is 17.5 Å². The summed E-state index contributed by atoms with van der Waals surface area (Å²) in [5.41, 5.74) is -1.62. The second-order valence-electron chi connectivity index (χ2n) is 7.03. The number of halogens is 1. The average Bonchev–Trinajstić information content (AvgIpc) is 2.99. The fourth-order valence-electron chi connectivity index (χ4n) is 3.69. The third-order valence-electron chi connectivity index (χ3n) is 5.29. The lowest BCUT2D eigenvalue weighted by Gasteiger charge is -2.21. The minimum Gasteiger partial charge on any atom is -0.376 e. The molecule has 0 aromatic carbocycles. The molecule has 0 unspecified atom stereocenters. The van der Waals surface area contributed by atoms with Gasteiger partial charge in [-0.15, -0.1) is 11.3 Å². The topological polar surface area (TPSA) is 58.6 Å². The predicted octanol–water partition coefficient (Wildman–Crippen LogP) is 1.73. The molecule has 3 heterocycles. The molecule has 7 heteroatoms. The van der Waals surface area contributed by atoms with Gasteiger partial charge < -0.3 is 15.0 Å². The maximum atomic E-state index is 14.0. The Hall–Kier alpha value is -1.47. The van der Waals surface area contributed by atoms with Crippen LogP contribution in [0, 0.1) is 11.8 Å². The van der Waals surface area contributed by atoms with Gasteiger partial charge in [0.25, 0.3) is 5.91 Å². The fourth-order valence-corrected chi connectivity index (χ4v) is 4.34. The van der Waals surface area contributed by atoms with Crippen molar-refractivity contribution in [3.05, 3.63) is 22.4 Å². The average molecular weight is 352 g/mol. The van der Waals surface area contributed by atoms with Gasteiger partial charge in [0.2, 0.25) is 5.91 Å². The fraction of sp³-hybridized carbons (Fsp3) is 0.647. The van der Waals surface area contributed by atoms with Crippen molar-refractivity contribution in [2.75, 3.05) is 19.7 Å². The van der Waals surface area contributed by atoms with Crippen molar-refractivity contribution in [2.45, 2.75) is 37.6 Å². The number of thiophene rings is 1. The maximum absolute atomic E-state index is 14.0. The van der Waals surface area contributed by atoms with Crippen molar-refractivity contribution < 1.29 is 18.7 Å². The molecule has 1 saturated carbocycles. The normalized spacial score (nSPS) is 30.2. The molecular formula is C17H21FN2O3S. The molecule has 130 valence electrons. The van der Waals surface area contributed by atoms with Crippen LogP contribution in [0.5, 0.6) is 0 Å². The predicted molar refractivity (Wildman–Crippen MR) is 87.2 cm³/mol. The van der Waals surface area contributed by atoms with Crippen LogP contribution < -0.4 is 5.32 Å². The van der Waals surface area contributed by atoms with E-state index in [9.17, 15) is 14.0 Å². The van der Waals surface area contributed by atoms with Crippen LogP contribution in [0.1, 0.15) is 24.1 Å². The third-order valence-corrected chi connectivity index (χ3v) is 6.16. The number of nitrogens with zero attached hydrogens (tertiary/aromatic N) is 1. The van der Waals surface area contributed by atoms with E-state index in [0.717, 1.165) is 4.88 Å². The Bertz CT molecular complexity index is 632. The van der Waals surface area contributed by atoms with Gasteiger partial charge >= 0.3 is 0 Å². The number of ether oxygens (including phenoxy) is 1. The molecule has 0 radical (unpaired) electrons. The van der Waals surface area contributed by atoms with Crippen molar-refractivity contribution in [3.8, 4) is 0 Å². The van der Waals surface area contributed by atoms with E-state index < -0.39 is 5.67 Å². The van der Waals surface area contributed by atoms with Gasteiger partial charge in [-0.05, 0) is 30.2 Å². The first kappa shape index (κ1) is 16.0. The smallest absolute Gasteiger partial charge is 0.260 e. The molecule has 4 rings (SSSR count). The first-order valence-electron chi connectivity index (χ1n) is 8.44. The zero-order chi connectivity index (χ0) is 16.7. The van der Waals surface area contributed by atoms with Crippen molar-refractivity contribution in [3.63, 3.8) is 0 Å². The summed E-state index contributed by atoms with van der Waals surface area (Å²) in [7, 11) is 0. The van der Waals surface area contributed by atoms with Gasteiger partial charge in [0, 0.05) is 30.3 Å². The lowest BCUT2D eigenvalue weighted by molar-refractivity contribution is -0.137. The van der Waals surface area contributed by atoms with Crippen molar-refractivity contribution >= 4 is 23.2 Å². The van der Waals surface area contributed by atoms with E-state index in [1.54, 1.807) is 16.2 Å². The number of alkyl halides is 1. The van der Waals surface area contributed by atoms with Gasteiger partial charge in [-0.3, -0.25) is 9.59 Å². The highest BCUT2D eigenvalue weighted by molar-refractivity contribution is 7.09. The molecular weight excluding hydrogens is 331 g/mol. The summed E-state index contributed by atoms with van der Waals surface area (Å²) >= 11 is 1.62. The summed E-state index contributed by atoms with van der Waals surface area (Å²) in [5.74, 6) is -0.136. The molecule has 1 aromatic rings. The summed E-state index contributed by atoms with van der Waals surface area (Å²) in [6, 6.07) is 3.95. The number of likely N-dealkylation sites (tertiary alicyclic amines) is 1. The molecule has 1 aliphatic carbocycles. The molecule has 5 nitrogen and oxygen atoms in total. The van der Waals surface area contributed by atoms with Crippen molar-refractivity contribution in [1.29, 1.82) is 0 Å². The van der Waals surface area contributed by atoms with Crippen LogP contribution in [-0.2, 0) is 20.9 Å². The lowest BCUT2D eigenvalue weighted by atomic mass is 9.90. The first-order chi connectivity index (χ1) is 11.5. The van der Waals surface area contributed by atoms with Crippen LogP contribution in [0.15, 0.2) is 17.5 Å². The number of hydrogen-bond donors (Lipinski definition) is 1. The number of amides is 2. The Morgan fingerprint density at radius 1 is 1.42 bits per heavy atom. The molecule has 3 atom stereocenters. The maximum Gasteiger partial charge on any atom is 0.260 e. The van der Waals surface area contributed by atoms with E-state index in [4.69, 9.17) is 4.74 Å². The molecule has 0 spiro atoms. The lowest BCUT2D eigenvalue weighted by Crippen LogP contribution is -2.38. The summed E-state index contributed by atoms with van der Waals surface area (Å²) in [4.78, 5) is 27.0.